The average Bonchev–Trinajstić information content (AvgIpc) is 2.61. The number of nitrogens with zero attached hydrogens (tertiary/aromatic N) is 3. The molecule has 6 nitrogen and oxygen atoms in total. The summed E-state index contributed by atoms with van der Waals surface area (Å²) in [5.74, 6) is -0.871. The zero-order valence-corrected chi connectivity index (χ0v) is 13.7. The number of rotatable bonds is 3. The molecule has 1 amide bonds. The molecular formula is C18H19N3O3. The first kappa shape index (κ1) is 16.1. The lowest BCUT2D eigenvalue weighted by Crippen LogP contribution is -2.42. The van der Waals surface area contributed by atoms with Crippen molar-refractivity contribution in [3.8, 4) is 0 Å². The van der Waals surface area contributed by atoms with Crippen LogP contribution in [0.2, 0.25) is 0 Å². The second-order valence-corrected chi connectivity index (χ2v) is 5.81. The SMILES string of the molecule is Cc1cnc(C(=O)OC(C)C(=O)N2CCCc3ccccc32)cn1. The molecule has 24 heavy (non-hydrogen) atoms. The summed E-state index contributed by atoms with van der Waals surface area (Å²) in [6.45, 7) is 3.99. The maximum Gasteiger partial charge on any atom is 0.359 e. The number of esters is 1. The van der Waals surface area contributed by atoms with Gasteiger partial charge in [0.05, 0.1) is 11.9 Å². The van der Waals surface area contributed by atoms with E-state index in [1.165, 1.54) is 12.4 Å². The summed E-state index contributed by atoms with van der Waals surface area (Å²) in [5.41, 5.74) is 2.84. The number of hydrogen-bond acceptors (Lipinski definition) is 5. The number of anilines is 1. The largest absolute Gasteiger partial charge is 0.448 e. The number of ether oxygens (including phenoxy) is 1. The highest BCUT2D eigenvalue weighted by molar-refractivity contribution is 5.99. The average molecular weight is 325 g/mol. The van der Waals surface area contributed by atoms with Crippen LogP contribution >= 0.6 is 0 Å². The zero-order chi connectivity index (χ0) is 17.1. The predicted octanol–water partition coefficient (Wildman–Crippen LogP) is 2.31. The smallest absolute Gasteiger partial charge is 0.359 e. The van der Waals surface area contributed by atoms with Gasteiger partial charge in [-0.1, -0.05) is 18.2 Å². The molecule has 1 aromatic carbocycles. The number of carbonyl (C=O) groups is 2. The first-order chi connectivity index (χ1) is 11.6. The normalized spacial score (nSPS) is 14.7. The minimum absolute atomic E-state index is 0.0966. The van der Waals surface area contributed by atoms with Gasteiger partial charge in [-0.15, -0.1) is 0 Å². The van der Waals surface area contributed by atoms with Crippen molar-refractivity contribution in [2.45, 2.75) is 32.8 Å². The molecule has 0 saturated carbocycles. The van der Waals surface area contributed by atoms with Crippen LogP contribution in [0.4, 0.5) is 5.69 Å². The van der Waals surface area contributed by atoms with Crippen molar-refractivity contribution in [2.75, 3.05) is 11.4 Å². The van der Waals surface area contributed by atoms with E-state index in [-0.39, 0.29) is 11.6 Å². The Morgan fingerprint density at radius 3 is 2.75 bits per heavy atom. The van der Waals surface area contributed by atoms with Crippen LogP contribution in [0.25, 0.3) is 0 Å². The van der Waals surface area contributed by atoms with E-state index in [1.807, 2.05) is 24.3 Å². The van der Waals surface area contributed by atoms with Crippen LogP contribution < -0.4 is 4.90 Å². The summed E-state index contributed by atoms with van der Waals surface area (Å²) in [6, 6.07) is 7.81. The molecular weight excluding hydrogens is 306 g/mol. The quantitative estimate of drug-likeness (QED) is 0.810. The highest BCUT2D eigenvalue weighted by Crippen LogP contribution is 2.27. The summed E-state index contributed by atoms with van der Waals surface area (Å²) in [4.78, 5) is 34.5. The molecule has 1 aliphatic heterocycles. The van der Waals surface area contributed by atoms with Gasteiger partial charge in [0, 0.05) is 18.4 Å². The van der Waals surface area contributed by atoms with Gasteiger partial charge in [-0.3, -0.25) is 9.78 Å². The Labute approximate surface area is 140 Å². The highest BCUT2D eigenvalue weighted by Gasteiger charge is 2.28. The number of benzene rings is 1. The number of aryl methyl sites for hydroxylation is 2. The molecule has 0 aliphatic carbocycles. The molecule has 0 spiro atoms. The van der Waals surface area contributed by atoms with Crippen LogP contribution in [0.5, 0.6) is 0 Å². The Balaban J connectivity index is 1.71. The van der Waals surface area contributed by atoms with Gasteiger partial charge in [0.1, 0.15) is 0 Å². The highest BCUT2D eigenvalue weighted by atomic mass is 16.5. The molecule has 1 aromatic heterocycles. The second-order valence-electron chi connectivity index (χ2n) is 5.81. The third-order valence-corrected chi connectivity index (χ3v) is 4.00. The van der Waals surface area contributed by atoms with Crippen molar-refractivity contribution in [3.05, 3.63) is 53.6 Å². The number of hydrogen-bond donors (Lipinski definition) is 0. The maximum absolute atomic E-state index is 12.7. The van der Waals surface area contributed by atoms with E-state index in [9.17, 15) is 9.59 Å². The molecule has 1 aliphatic rings. The topological polar surface area (TPSA) is 72.4 Å². The van der Waals surface area contributed by atoms with E-state index >= 15 is 0 Å². The maximum atomic E-state index is 12.7. The van der Waals surface area contributed by atoms with E-state index in [1.54, 1.807) is 18.7 Å². The number of aromatic nitrogens is 2. The third-order valence-electron chi connectivity index (χ3n) is 4.00. The fraction of sp³-hybridized carbons (Fsp3) is 0.333. The molecule has 6 heteroatoms. The van der Waals surface area contributed by atoms with E-state index in [2.05, 4.69) is 9.97 Å². The summed E-state index contributed by atoms with van der Waals surface area (Å²) in [6.07, 6.45) is 3.81. The van der Waals surface area contributed by atoms with Crippen molar-refractivity contribution >= 4 is 17.6 Å². The Morgan fingerprint density at radius 1 is 1.21 bits per heavy atom. The summed E-state index contributed by atoms with van der Waals surface area (Å²) >= 11 is 0. The minimum Gasteiger partial charge on any atom is -0.448 e. The fourth-order valence-electron chi connectivity index (χ4n) is 2.75. The third kappa shape index (κ3) is 3.27. The van der Waals surface area contributed by atoms with Crippen LogP contribution in [0.1, 0.15) is 35.1 Å². The zero-order valence-electron chi connectivity index (χ0n) is 13.7. The molecule has 0 bridgehead atoms. The number of carbonyl (C=O) groups excluding carboxylic acids is 2. The molecule has 1 atom stereocenters. The molecule has 2 heterocycles. The van der Waals surface area contributed by atoms with Gasteiger partial charge < -0.3 is 9.64 Å². The first-order valence-electron chi connectivity index (χ1n) is 7.95. The Kier molecular flexibility index (Phi) is 4.55. The summed E-state index contributed by atoms with van der Waals surface area (Å²) in [7, 11) is 0. The van der Waals surface area contributed by atoms with Gasteiger partial charge in [0.15, 0.2) is 11.8 Å². The van der Waals surface area contributed by atoms with E-state index in [0.717, 1.165) is 24.1 Å². The second kappa shape index (κ2) is 6.78. The molecule has 2 aromatic rings. The molecule has 1 unspecified atom stereocenters. The molecule has 0 saturated heterocycles. The summed E-state index contributed by atoms with van der Waals surface area (Å²) in [5, 5.41) is 0. The Bertz CT molecular complexity index is 758. The lowest BCUT2D eigenvalue weighted by molar-refractivity contribution is -0.126. The first-order valence-corrected chi connectivity index (χ1v) is 7.95. The molecule has 124 valence electrons. The van der Waals surface area contributed by atoms with Gasteiger partial charge in [-0.25, -0.2) is 9.78 Å². The lowest BCUT2D eigenvalue weighted by Gasteiger charge is -2.31. The van der Waals surface area contributed by atoms with Crippen molar-refractivity contribution in [1.82, 2.24) is 9.97 Å². The molecule has 0 fully saturated rings. The van der Waals surface area contributed by atoms with Crippen LogP contribution in [-0.4, -0.2) is 34.5 Å². The van der Waals surface area contributed by atoms with Gasteiger partial charge in [0.2, 0.25) is 0 Å². The monoisotopic (exact) mass is 325 g/mol. The number of fused-ring (bicyclic) bond motifs is 1. The molecule has 3 rings (SSSR count). The number of amides is 1. The van der Waals surface area contributed by atoms with Gasteiger partial charge >= 0.3 is 5.97 Å². The lowest BCUT2D eigenvalue weighted by atomic mass is 10.0. The molecule has 0 radical (unpaired) electrons. The standard InChI is InChI=1S/C18H19N3O3/c1-12-10-20-15(11-19-12)18(23)24-13(2)17(22)21-9-5-7-14-6-3-4-8-16(14)21/h3-4,6,8,10-11,13H,5,7,9H2,1-2H3. The Morgan fingerprint density at radius 2 is 2.00 bits per heavy atom. The van der Waals surface area contributed by atoms with Crippen LogP contribution in [0.3, 0.4) is 0 Å². The predicted molar refractivity (Wildman–Crippen MR) is 88.8 cm³/mol. The van der Waals surface area contributed by atoms with Gasteiger partial charge in [-0.05, 0) is 38.3 Å². The Hall–Kier alpha value is -2.76. The van der Waals surface area contributed by atoms with E-state index in [4.69, 9.17) is 4.74 Å². The van der Waals surface area contributed by atoms with Gasteiger partial charge in [-0.2, -0.15) is 0 Å². The van der Waals surface area contributed by atoms with Crippen molar-refractivity contribution in [1.29, 1.82) is 0 Å². The van der Waals surface area contributed by atoms with Crippen LogP contribution in [0, 0.1) is 6.92 Å². The fourth-order valence-corrected chi connectivity index (χ4v) is 2.75. The number of para-hydroxylation sites is 1. The molecule has 0 N–H and O–H groups in total. The van der Waals surface area contributed by atoms with Gasteiger partial charge in [0.25, 0.3) is 5.91 Å². The summed E-state index contributed by atoms with van der Waals surface area (Å²) < 4.78 is 5.27. The van der Waals surface area contributed by atoms with Crippen molar-refractivity contribution in [2.24, 2.45) is 0 Å². The van der Waals surface area contributed by atoms with E-state index < -0.39 is 12.1 Å². The van der Waals surface area contributed by atoms with Crippen molar-refractivity contribution < 1.29 is 14.3 Å². The van der Waals surface area contributed by atoms with Crippen molar-refractivity contribution in [3.63, 3.8) is 0 Å². The van der Waals surface area contributed by atoms with Crippen LogP contribution in [-0.2, 0) is 16.0 Å². The van der Waals surface area contributed by atoms with E-state index in [0.29, 0.717) is 12.2 Å². The minimum atomic E-state index is -0.883. The van der Waals surface area contributed by atoms with Crippen LogP contribution in [0.15, 0.2) is 36.7 Å².